The third kappa shape index (κ3) is 3.89. The smallest absolute Gasteiger partial charge is 0.336 e. The van der Waals surface area contributed by atoms with Crippen molar-refractivity contribution in [2.24, 2.45) is 0 Å². The zero-order valence-corrected chi connectivity index (χ0v) is 16.1. The lowest BCUT2D eigenvalue weighted by molar-refractivity contribution is 0.0996. The second-order valence-electron chi connectivity index (χ2n) is 6.36. The van der Waals surface area contributed by atoms with Crippen LogP contribution >= 0.6 is 0 Å². The van der Waals surface area contributed by atoms with Gasteiger partial charge in [0.25, 0.3) is 5.91 Å². The topological polar surface area (TPSA) is 82.2 Å². The molecule has 0 aliphatic rings. The summed E-state index contributed by atoms with van der Waals surface area (Å²) in [5, 5.41) is 7.30. The molecule has 0 saturated heterocycles. The Balaban J connectivity index is 1.65. The number of furan rings is 1. The number of aryl methyl sites for hydroxylation is 1. The molecule has 0 radical (unpaired) electrons. The number of hydrogen-bond acceptors (Lipinski definition) is 5. The molecule has 0 aliphatic carbocycles. The molecule has 2 aromatic carbocycles. The van der Waals surface area contributed by atoms with Gasteiger partial charge in [0.1, 0.15) is 0 Å². The van der Waals surface area contributed by atoms with E-state index in [-0.39, 0.29) is 11.7 Å². The van der Waals surface area contributed by atoms with Gasteiger partial charge in [-0.3, -0.25) is 4.79 Å². The normalized spacial score (nSPS) is 10.7. The van der Waals surface area contributed by atoms with Crippen molar-refractivity contribution in [3.63, 3.8) is 0 Å². The van der Waals surface area contributed by atoms with E-state index in [1.165, 1.54) is 6.26 Å². The lowest BCUT2D eigenvalue weighted by Gasteiger charge is -2.09. The van der Waals surface area contributed by atoms with E-state index in [9.17, 15) is 4.79 Å². The van der Waals surface area contributed by atoms with Crippen molar-refractivity contribution < 1.29 is 13.9 Å². The fourth-order valence-electron chi connectivity index (χ4n) is 2.95. The zero-order valence-electron chi connectivity index (χ0n) is 16.1. The lowest BCUT2D eigenvalue weighted by Crippen LogP contribution is -2.10. The molecular formula is C22H20N4O3. The molecule has 0 atom stereocenters. The Bertz CT molecular complexity index is 1120. The number of nitrogens with zero attached hydrogens (tertiary/aromatic N) is 3. The second kappa shape index (κ2) is 8.02. The van der Waals surface area contributed by atoms with E-state index in [1.54, 1.807) is 28.9 Å². The van der Waals surface area contributed by atoms with Gasteiger partial charge >= 0.3 is 6.01 Å². The Morgan fingerprint density at radius 2 is 1.90 bits per heavy atom. The minimum Gasteiger partial charge on any atom is -0.463 e. The number of benzene rings is 2. The predicted octanol–water partition coefficient (Wildman–Crippen LogP) is 4.49. The molecule has 0 aliphatic heterocycles. The predicted molar refractivity (Wildman–Crippen MR) is 109 cm³/mol. The van der Waals surface area contributed by atoms with Crippen LogP contribution in [-0.4, -0.2) is 27.3 Å². The Morgan fingerprint density at radius 1 is 1.10 bits per heavy atom. The molecule has 1 N–H and O–H groups in total. The van der Waals surface area contributed by atoms with Crippen LogP contribution in [0, 0.1) is 6.92 Å². The molecule has 1 amide bonds. The van der Waals surface area contributed by atoms with Crippen LogP contribution in [0.1, 0.15) is 23.0 Å². The van der Waals surface area contributed by atoms with Crippen molar-refractivity contribution in [3.05, 3.63) is 78.3 Å². The highest BCUT2D eigenvalue weighted by Crippen LogP contribution is 2.26. The van der Waals surface area contributed by atoms with Gasteiger partial charge in [-0.15, -0.1) is 5.10 Å². The molecule has 4 aromatic rings. The van der Waals surface area contributed by atoms with E-state index in [0.29, 0.717) is 24.1 Å². The van der Waals surface area contributed by atoms with E-state index >= 15 is 0 Å². The minimum absolute atomic E-state index is 0.258. The molecule has 2 aromatic heterocycles. The van der Waals surface area contributed by atoms with E-state index in [2.05, 4.69) is 15.4 Å². The highest BCUT2D eigenvalue weighted by molar-refractivity contribution is 6.02. The monoisotopic (exact) mass is 388 g/mol. The summed E-state index contributed by atoms with van der Waals surface area (Å²) in [6.45, 7) is 4.40. The maximum absolute atomic E-state index is 12.1. The third-order valence-electron chi connectivity index (χ3n) is 4.36. The molecule has 2 heterocycles. The number of amides is 1. The molecule has 0 fully saturated rings. The highest BCUT2D eigenvalue weighted by atomic mass is 16.5. The van der Waals surface area contributed by atoms with Gasteiger partial charge in [-0.2, -0.15) is 4.98 Å². The largest absolute Gasteiger partial charge is 0.463 e. The number of rotatable bonds is 6. The standard InChI is InChI=1S/C22H20N4O3/c1-3-28-22-24-20(18-8-5-4-7-15(18)2)26(25-22)17-12-10-16(11-13-17)23-21(27)19-9-6-14-29-19/h4-14H,3H2,1-2H3,(H,23,27). The Hall–Kier alpha value is -3.87. The first kappa shape index (κ1) is 18.5. The first-order valence-corrected chi connectivity index (χ1v) is 9.27. The number of hydrogen-bond donors (Lipinski definition) is 1. The molecule has 0 bridgehead atoms. The van der Waals surface area contributed by atoms with Crippen molar-refractivity contribution in [1.82, 2.24) is 14.8 Å². The van der Waals surface area contributed by atoms with Gasteiger partial charge in [-0.25, -0.2) is 4.68 Å². The van der Waals surface area contributed by atoms with Gasteiger partial charge in [-0.05, 0) is 55.8 Å². The third-order valence-corrected chi connectivity index (χ3v) is 4.36. The first-order valence-electron chi connectivity index (χ1n) is 9.27. The van der Waals surface area contributed by atoms with E-state index in [0.717, 1.165) is 16.8 Å². The van der Waals surface area contributed by atoms with Crippen LogP contribution in [-0.2, 0) is 0 Å². The molecule has 7 heteroatoms. The van der Waals surface area contributed by atoms with Gasteiger partial charge in [-0.1, -0.05) is 24.3 Å². The number of carbonyl (C=O) groups is 1. The van der Waals surface area contributed by atoms with Crippen molar-refractivity contribution in [2.75, 3.05) is 11.9 Å². The molecule has 4 rings (SSSR count). The van der Waals surface area contributed by atoms with Crippen LogP contribution in [0.15, 0.2) is 71.3 Å². The van der Waals surface area contributed by atoms with Gasteiger partial charge in [0.05, 0.1) is 18.6 Å². The zero-order chi connectivity index (χ0) is 20.2. The number of aromatic nitrogens is 3. The van der Waals surface area contributed by atoms with Gasteiger partial charge < -0.3 is 14.5 Å². The van der Waals surface area contributed by atoms with Crippen LogP contribution in [0.2, 0.25) is 0 Å². The van der Waals surface area contributed by atoms with Crippen molar-refractivity contribution >= 4 is 11.6 Å². The summed E-state index contributed by atoms with van der Waals surface area (Å²) in [6, 6.07) is 18.9. The van der Waals surface area contributed by atoms with Gasteiger partial charge in [0, 0.05) is 11.3 Å². The quantitative estimate of drug-likeness (QED) is 0.526. The average Bonchev–Trinajstić information content (AvgIpc) is 3.40. The lowest BCUT2D eigenvalue weighted by atomic mass is 10.1. The van der Waals surface area contributed by atoms with Crippen LogP contribution in [0.25, 0.3) is 17.1 Å². The van der Waals surface area contributed by atoms with Crippen LogP contribution < -0.4 is 10.1 Å². The SMILES string of the molecule is CCOc1nc(-c2ccccc2C)n(-c2ccc(NC(=O)c3ccco3)cc2)n1. The van der Waals surface area contributed by atoms with Crippen LogP contribution in [0.3, 0.4) is 0 Å². The van der Waals surface area contributed by atoms with E-state index < -0.39 is 0 Å². The summed E-state index contributed by atoms with van der Waals surface area (Å²) >= 11 is 0. The fraction of sp³-hybridized carbons (Fsp3) is 0.136. The number of ether oxygens (including phenoxy) is 1. The van der Waals surface area contributed by atoms with Crippen LogP contribution in [0.4, 0.5) is 5.69 Å². The average molecular weight is 388 g/mol. The van der Waals surface area contributed by atoms with Crippen molar-refractivity contribution in [3.8, 4) is 23.1 Å². The summed E-state index contributed by atoms with van der Waals surface area (Å²) < 4.78 is 12.4. The molecular weight excluding hydrogens is 368 g/mol. The maximum atomic E-state index is 12.1. The number of anilines is 1. The van der Waals surface area contributed by atoms with E-state index in [4.69, 9.17) is 9.15 Å². The summed E-state index contributed by atoms with van der Waals surface area (Å²) in [5.41, 5.74) is 3.52. The Morgan fingerprint density at radius 3 is 2.59 bits per heavy atom. The molecule has 0 unspecified atom stereocenters. The summed E-state index contributed by atoms with van der Waals surface area (Å²) in [7, 11) is 0. The molecule has 0 saturated carbocycles. The summed E-state index contributed by atoms with van der Waals surface area (Å²) in [6.07, 6.45) is 1.46. The van der Waals surface area contributed by atoms with Gasteiger partial charge in [0.15, 0.2) is 11.6 Å². The Labute approximate surface area is 168 Å². The van der Waals surface area contributed by atoms with Crippen molar-refractivity contribution in [2.45, 2.75) is 13.8 Å². The molecule has 146 valence electrons. The first-order chi connectivity index (χ1) is 14.2. The Kier molecular flexibility index (Phi) is 5.11. The van der Waals surface area contributed by atoms with Crippen molar-refractivity contribution in [1.29, 1.82) is 0 Å². The molecule has 0 spiro atoms. The second-order valence-corrected chi connectivity index (χ2v) is 6.36. The van der Waals surface area contributed by atoms with E-state index in [1.807, 2.05) is 50.2 Å². The highest BCUT2D eigenvalue weighted by Gasteiger charge is 2.16. The van der Waals surface area contributed by atoms with Gasteiger partial charge in [0.2, 0.25) is 0 Å². The number of nitrogens with one attached hydrogen (secondary N) is 1. The van der Waals surface area contributed by atoms with Crippen LogP contribution in [0.5, 0.6) is 6.01 Å². The molecule has 29 heavy (non-hydrogen) atoms. The summed E-state index contributed by atoms with van der Waals surface area (Å²) in [4.78, 5) is 16.7. The fourth-order valence-corrected chi connectivity index (χ4v) is 2.95. The minimum atomic E-state index is -0.303. The molecule has 7 nitrogen and oxygen atoms in total. The summed E-state index contributed by atoms with van der Waals surface area (Å²) in [5.74, 6) is 0.648. The number of carbonyl (C=O) groups excluding carboxylic acids is 1. The maximum Gasteiger partial charge on any atom is 0.336 e.